The Morgan fingerprint density at radius 2 is 1.64 bits per heavy atom. The Balaban J connectivity index is 1.94. The quantitative estimate of drug-likeness (QED) is 0.575. The molecule has 3 aromatic rings. The summed E-state index contributed by atoms with van der Waals surface area (Å²) < 4.78 is 45.4. The molecule has 0 bridgehead atoms. The summed E-state index contributed by atoms with van der Waals surface area (Å²) in [5.74, 6) is -0.936. The van der Waals surface area contributed by atoms with Gasteiger partial charge in [-0.3, -0.25) is 0 Å². The van der Waals surface area contributed by atoms with E-state index >= 15 is 0 Å². The summed E-state index contributed by atoms with van der Waals surface area (Å²) in [5, 5.41) is 10.5. The van der Waals surface area contributed by atoms with Crippen LogP contribution in [0.25, 0.3) is 11.3 Å². The van der Waals surface area contributed by atoms with Crippen LogP contribution in [0.3, 0.4) is 0 Å². The second-order valence-electron chi connectivity index (χ2n) is 5.85. The van der Waals surface area contributed by atoms with Gasteiger partial charge in [0.15, 0.2) is 5.76 Å². The number of nitrogen functional groups attached to an aromatic ring is 1. The molecule has 28 heavy (non-hydrogen) atoms. The van der Waals surface area contributed by atoms with Gasteiger partial charge in [0.1, 0.15) is 17.3 Å². The maximum Gasteiger partial charge on any atom is 0.313 e. The van der Waals surface area contributed by atoms with E-state index in [1.807, 2.05) is 0 Å². The highest BCUT2D eigenvalue weighted by atomic mass is 32.2. The average molecular weight is 405 g/mol. The third-order valence-corrected chi connectivity index (χ3v) is 4.98. The number of furan rings is 1. The number of hydrogen-bond acceptors (Lipinski definition) is 8. The van der Waals surface area contributed by atoms with Crippen LogP contribution in [0.5, 0.6) is 23.0 Å². The molecule has 9 heteroatoms. The van der Waals surface area contributed by atoms with Crippen LogP contribution in [0.15, 0.2) is 52.9 Å². The topological polar surface area (TPSA) is 121 Å². The lowest BCUT2D eigenvalue weighted by atomic mass is 10.1. The Labute approximate surface area is 162 Å². The molecule has 0 aliphatic carbocycles. The van der Waals surface area contributed by atoms with Crippen molar-refractivity contribution < 1.29 is 31.6 Å². The Morgan fingerprint density at radius 3 is 2.21 bits per heavy atom. The SMILES string of the molecule is COc1cc(OC)cc(-c2oc(N)c(OS(=O)(=O)Cc3ccccc3)c2O)c1. The molecular formula is C19H19NO7S. The van der Waals surface area contributed by atoms with E-state index in [0.717, 1.165) is 0 Å². The highest BCUT2D eigenvalue weighted by molar-refractivity contribution is 7.86. The van der Waals surface area contributed by atoms with Crippen LogP contribution >= 0.6 is 0 Å². The molecule has 0 aliphatic heterocycles. The van der Waals surface area contributed by atoms with Gasteiger partial charge in [0.25, 0.3) is 0 Å². The summed E-state index contributed by atoms with van der Waals surface area (Å²) in [5.41, 5.74) is 6.64. The number of aromatic hydroxyl groups is 1. The van der Waals surface area contributed by atoms with Crippen molar-refractivity contribution in [2.45, 2.75) is 5.75 Å². The van der Waals surface area contributed by atoms with Crippen molar-refractivity contribution in [3.05, 3.63) is 54.1 Å². The molecule has 0 fully saturated rings. The summed E-state index contributed by atoms with van der Waals surface area (Å²) in [7, 11) is -1.13. The lowest BCUT2D eigenvalue weighted by molar-refractivity contribution is 0.394. The molecule has 0 amide bonds. The summed E-state index contributed by atoms with van der Waals surface area (Å²) in [6.07, 6.45) is 0. The van der Waals surface area contributed by atoms with Crippen molar-refractivity contribution in [1.82, 2.24) is 0 Å². The predicted molar refractivity (Wildman–Crippen MR) is 103 cm³/mol. The van der Waals surface area contributed by atoms with Crippen LogP contribution in [0.1, 0.15) is 5.56 Å². The van der Waals surface area contributed by atoms with Crippen molar-refractivity contribution in [3.63, 3.8) is 0 Å². The van der Waals surface area contributed by atoms with E-state index in [4.69, 9.17) is 23.8 Å². The Hall–Kier alpha value is -3.33. The van der Waals surface area contributed by atoms with Gasteiger partial charge < -0.3 is 28.9 Å². The number of hydrogen-bond donors (Lipinski definition) is 2. The molecule has 1 aromatic heterocycles. The Bertz CT molecular complexity index is 1050. The Kier molecular flexibility index (Phi) is 5.36. The first-order valence-electron chi connectivity index (χ1n) is 8.13. The molecule has 0 saturated carbocycles. The zero-order chi connectivity index (χ0) is 20.3. The van der Waals surface area contributed by atoms with Gasteiger partial charge in [-0.1, -0.05) is 30.3 Å². The van der Waals surface area contributed by atoms with Gasteiger partial charge in [0.05, 0.1) is 14.2 Å². The van der Waals surface area contributed by atoms with E-state index in [0.29, 0.717) is 22.6 Å². The molecule has 0 atom stereocenters. The van der Waals surface area contributed by atoms with E-state index in [2.05, 4.69) is 0 Å². The van der Waals surface area contributed by atoms with Gasteiger partial charge in [-0.25, -0.2) is 0 Å². The maximum atomic E-state index is 12.3. The molecule has 3 N–H and O–H groups in total. The van der Waals surface area contributed by atoms with E-state index in [1.165, 1.54) is 14.2 Å². The van der Waals surface area contributed by atoms with Gasteiger partial charge in [0, 0.05) is 11.6 Å². The lowest BCUT2D eigenvalue weighted by Gasteiger charge is -2.07. The monoisotopic (exact) mass is 405 g/mol. The molecule has 0 unspecified atom stereocenters. The summed E-state index contributed by atoms with van der Waals surface area (Å²) >= 11 is 0. The minimum atomic E-state index is -4.08. The molecule has 0 spiro atoms. The summed E-state index contributed by atoms with van der Waals surface area (Å²) in [4.78, 5) is 0. The molecule has 8 nitrogen and oxygen atoms in total. The first-order valence-corrected chi connectivity index (χ1v) is 9.71. The fourth-order valence-electron chi connectivity index (χ4n) is 2.57. The molecule has 148 valence electrons. The zero-order valence-electron chi connectivity index (χ0n) is 15.2. The predicted octanol–water partition coefficient (Wildman–Crippen LogP) is 3.16. The first-order chi connectivity index (χ1) is 13.3. The second-order valence-corrected chi connectivity index (χ2v) is 7.42. The molecule has 2 aromatic carbocycles. The first kappa shape index (κ1) is 19.4. The molecule has 1 heterocycles. The standard InChI is InChI=1S/C19H19NO7S/c1-24-14-8-13(9-15(10-14)25-2)17-16(21)18(19(20)26-17)27-28(22,23)11-12-6-4-3-5-7-12/h3-10,21H,11,20H2,1-2H3. The Morgan fingerprint density at radius 1 is 1.04 bits per heavy atom. The third-order valence-electron chi connectivity index (χ3n) is 3.88. The highest BCUT2D eigenvalue weighted by Crippen LogP contribution is 2.46. The molecule has 3 rings (SSSR count). The van der Waals surface area contributed by atoms with E-state index in [1.54, 1.807) is 48.5 Å². The zero-order valence-corrected chi connectivity index (χ0v) is 16.0. The van der Waals surface area contributed by atoms with Gasteiger partial charge in [-0.05, 0) is 17.7 Å². The fraction of sp³-hybridized carbons (Fsp3) is 0.158. The normalized spacial score (nSPS) is 11.2. The fourth-order valence-corrected chi connectivity index (χ4v) is 3.65. The molecular weight excluding hydrogens is 386 g/mol. The molecule has 0 aliphatic rings. The van der Waals surface area contributed by atoms with Crippen LogP contribution in [-0.2, 0) is 15.9 Å². The minimum Gasteiger partial charge on any atom is -0.501 e. The minimum absolute atomic E-state index is 0.0698. The number of methoxy groups -OCH3 is 2. The van der Waals surface area contributed by atoms with Crippen LogP contribution in [0, 0.1) is 0 Å². The van der Waals surface area contributed by atoms with Crippen LogP contribution in [0.2, 0.25) is 0 Å². The van der Waals surface area contributed by atoms with Crippen LogP contribution in [-0.4, -0.2) is 27.7 Å². The lowest BCUT2D eigenvalue weighted by Crippen LogP contribution is -2.12. The van der Waals surface area contributed by atoms with Gasteiger partial charge >= 0.3 is 10.1 Å². The molecule has 0 radical (unpaired) electrons. The van der Waals surface area contributed by atoms with Crippen molar-refractivity contribution in [1.29, 1.82) is 0 Å². The van der Waals surface area contributed by atoms with E-state index < -0.39 is 21.6 Å². The summed E-state index contributed by atoms with van der Waals surface area (Å²) in [6.45, 7) is 0. The van der Waals surface area contributed by atoms with E-state index in [9.17, 15) is 13.5 Å². The molecule has 0 saturated heterocycles. The maximum absolute atomic E-state index is 12.3. The highest BCUT2D eigenvalue weighted by Gasteiger charge is 2.26. The van der Waals surface area contributed by atoms with Gasteiger partial charge in [-0.15, -0.1) is 0 Å². The third kappa shape index (κ3) is 4.15. The largest absolute Gasteiger partial charge is 0.501 e. The van der Waals surface area contributed by atoms with Gasteiger partial charge in [0.2, 0.25) is 17.4 Å². The van der Waals surface area contributed by atoms with Gasteiger partial charge in [-0.2, -0.15) is 8.42 Å². The smallest absolute Gasteiger partial charge is 0.313 e. The van der Waals surface area contributed by atoms with Crippen molar-refractivity contribution >= 4 is 16.0 Å². The number of anilines is 1. The second kappa shape index (κ2) is 7.73. The average Bonchev–Trinajstić information content (AvgIpc) is 2.95. The number of ether oxygens (including phenoxy) is 2. The van der Waals surface area contributed by atoms with Crippen LogP contribution in [0.4, 0.5) is 5.88 Å². The van der Waals surface area contributed by atoms with E-state index in [-0.39, 0.29) is 17.4 Å². The number of rotatable bonds is 7. The number of benzene rings is 2. The number of nitrogens with two attached hydrogens (primary N) is 1. The van der Waals surface area contributed by atoms with Crippen LogP contribution < -0.4 is 19.4 Å². The van der Waals surface area contributed by atoms with Crippen molar-refractivity contribution in [3.8, 4) is 34.3 Å². The van der Waals surface area contributed by atoms with Crippen molar-refractivity contribution in [2.75, 3.05) is 20.0 Å². The summed E-state index contributed by atoms with van der Waals surface area (Å²) in [6, 6.07) is 13.3. The van der Waals surface area contributed by atoms with Crippen molar-refractivity contribution in [2.24, 2.45) is 0 Å².